The zero-order chi connectivity index (χ0) is 15.3. The first-order valence-corrected chi connectivity index (χ1v) is 9.33. The van der Waals surface area contributed by atoms with Crippen LogP contribution >= 0.6 is 0 Å². The van der Waals surface area contributed by atoms with E-state index in [1.54, 1.807) is 0 Å². The molecule has 0 spiro atoms. The third-order valence-electron chi connectivity index (χ3n) is 7.57. The van der Waals surface area contributed by atoms with Gasteiger partial charge >= 0.3 is 0 Å². The minimum Gasteiger partial charge on any atom is -0.316 e. The molecule has 0 bridgehead atoms. The molecule has 3 rings (SSSR count). The minimum absolute atomic E-state index is 0.409. The number of rotatable bonds is 3. The second-order valence-corrected chi connectivity index (χ2v) is 9.18. The summed E-state index contributed by atoms with van der Waals surface area (Å²) < 4.78 is 0. The van der Waals surface area contributed by atoms with Crippen molar-refractivity contribution < 1.29 is 0 Å². The van der Waals surface area contributed by atoms with E-state index in [0.717, 1.165) is 23.8 Å². The molecular weight excluding hydrogens is 256 g/mol. The highest BCUT2D eigenvalue weighted by atomic mass is 15.3. The fourth-order valence-electron chi connectivity index (χ4n) is 5.53. The van der Waals surface area contributed by atoms with Gasteiger partial charge in [0.1, 0.15) is 0 Å². The van der Waals surface area contributed by atoms with E-state index in [4.69, 9.17) is 0 Å². The molecule has 0 radical (unpaired) electrons. The molecule has 0 amide bonds. The number of nitrogens with zero attached hydrogens (tertiary/aromatic N) is 1. The Labute approximate surface area is 132 Å². The summed E-state index contributed by atoms with van der Waals surface area (Å²) in [5.74, 6) is 2.73. The molecule has 2 aliphatic heterocycles. The van der Waals surface area contributed by atoms with Gasteiger partial charge in [-0.2, -0.15) is 0 Å². The molecule has 2 unspecified atom stereocenters. The van der Waals surface area contributed by atoms with Crippen molar-refractivity contribution in [3.8, 4) is 0 Å². The Morgan fingerprint density at radius 2 is 1.76 bits per heavy atom. The Kier molecular flexibility index (Phi) is 4.16. The first kappa shape index (κ1) is 15.8. The van der Waals surface area contributed by atoms with Gasteiger partial charge in [-0.25, -0.2) is 0 Å². The fourth-order valence-corrected chi connectivity index (χ4v) is 5.53. The SMILES string of the molecule is CCC(C)(C)C1CCC(N2CC3CNCC3C2(C)C)CC1. The lowest BCUT2D eigenvalue weighted by atomic mass is 9.68. The summed E-state index contributed by atoms with van der Waals surface area (Å²) in [6, 6.07) is 0.856. The van der Waals surface area contributed by atoms with Gasteiger partial charge in [0.05, 0.1) is 0 Å². The Hall–Kier alpha value is -0.0800. The van der Waals surface area contributed by atoms with Crippen molar-refractivity contribution in [3.63, 3.8) is 0 Å². The Bertz CT molecular complexity index is 366. The van der Waals surface area contributed by atoms with E-state index in [2.05, 4.69) is 44.8 Å². The maximum Gasteiger partial charge on any atom is 0.0200 e. The average molecular weight is 293 g/mol. The van der Waals surface area contributed by atoms with Crippen LogP contribution in [-0.4, -0.2) is 36.1 Å². The third kappa shape index (κ3) is 2.67. The zero-order valence-electron chi connectivity index (χ0n) is 14.9. The second-order valence-electron chi connectivity index (χ2n) is 9.18. The molecule has 1 N–H and O–H groups in total. The Morgan fingerprint density at radius 1 is 1.10 bits per heavy atom. The number of nitrogens with one attached hydrogen (secondary N) is 1. The smallest absolute Gasteiger partial charge is 0.0200 e. The quantitative estimate of drug-likeness (QED) is 0.848. The molecule has 2 saturated heterocycles. The molecule has 3 aliphatic rings. The minimum atomic E-state index is 0.409. The van der Waals surface area contributed by atoms with Crippen LogP contribution in [0.25, 0.3) is 0 Å². The van der Waals surface area contributed by atoms with Crippen LogP contribution in [0.1, 0.15) is 66.7 Å². The topological polar surface area (TPSA) is 15.3 Å². The van der Waals surface area contributed by atoms with E-state index in [9.17, 15) is 0 Å². The standard InChI is InChI=1S/C19H36N2/c1-6-18(2,3)15-7-9-16(10-8-15)21-13-14-11-20-12-17(14)19(21,4)5/h14-17,20H,6-13H2,1-5H3. The van der Waals surface area contributed by atoms with Crippen molar-refractivity contribution in [3.05, 3.63) is 0 Å². The highest BCUT2D eigenvalue weighted by Gasteiger charge is 2.51. The summed E-state index contributed by atoms with van der Waals surface area (Å²) >= 11 is 0. The summed E-state index contributed by atoms with van der Waals surface area (Å²) in [5.41, 5.74) is 0.956. The molecule has 2 heterocycles. The van der Waals surface area contributed by atoms with Gasteiger partial charge in [-0.05, 0) is 69.2 Å². The van der Waals surface area contributed by atoms with E-state index in [1.807, 2.05) is 0 Å². The van der Waals surface area contributed by atoms with Gasteiger partial charge in [-0.3, -0.25) is 4.90 Å². The summed E-state index contributed by atoms with van der Waals surface area (Å²) in [7, 11) is 0. The zero-order valence-corrected chi connectivity index (χ0v) is 14.9. The summed E-state index contributed by atoms with van der Waals surface area (Å²) in [4.78, 5) is 2.90. The third-order valence-corrected chi connectivity index (χ3v) is 7.57. The molecule has 122 valence electrons. The van der Waals surface area contributed by atoms with Gasteiger partial charge in [-0.1, -0.05) is 27.2 Å². The van der Waals surface area contributed by atoms with Gasteiger partial charge in [0.15, 0.2) is 0 Å². The average Bonchev–Trinajstić information content (AvgIpc) is 3.02. The van der Waals surface area contributed by atoms with Crippen LogP contribution in [0.4, 0.5) is 0 Å². The van der Waals surface area contributed by atoms with Crippen molar-refractivity contribution in [2.75, 3.05) is 19.6 Å². The van der Waals surface area contributed by atoms with Crippen LogP contribution in [-0.2, 0) is 0 Å². The normalized spacial score (nSPS) is 40.4. The first-order chi connectivity index (χ1) is 9.86. The van der Waals surface area contributed by atoms with Gasteiger partial charge in [0.25, 0.3) is 0 Å². The van der Waals surface area contributed by atoms with Crippen molar-refractivity contribution in [1.82, 2.24) is 10.2 Å². The first-order valence-electron chi connectivity index (χ1n) is 9.33. The summed E-state index contributed by atoms with van der Waals surface area (Å²) in [6.45, 7) is 16.2. The van der Waals surface area contributed by atoms with Crippen LogP contribution < -0.4 is 5.32 Å². The number of fused-ring (bicyclic) bond motifs is 1. The van der Waals surface area contributed by atoms with E-state index >= 15 is 0 Å². The molecule has 2 heteroatoms. The van der Waals surface area contributed by atoms with Crippen LogP contribution in [0.2, 0.25) is 0 Å². The Balaban J connectivity index is 1.63. The number of likely N-dealkylation sites (tertiary alicyclic amines) is 1. The molecule has 0 aromatic heterocycles. The second kappa shape index (κ2) is 5.53. The van der Waals surface area contributed by atoms with E-state index in [1.165, 1.54) is 51.7 Å². The predicted molar refractivity (Wildman–Crippen MR) is 90.5 cm³/mol. The lowest BCUT2D eigenvalue weighted by Gasteiger charge is -2.46. The van der Waals surface area contributed by atoms with Gasteiger partial charge in [-0.15, -0.1) is 0 Å². The van der Waals surface area contributed by atoms with Crippen molar-refractivity contribution in [1.29, 1.82) is 0 Å². The summed E-state index contributed by atoms with van der Waals surface area (Å²) in [6.07, 6.45) is 7.10. The molecule has 1 aliphatic carbocycles. The highest BCUT2D eigenvalue weighted by Crippen LogP contribution is 2.47. The van der Waals surface area contributed by atoms with Gasteiger partial charge < -0.3 is 5.32 Å². The Morgan fingerprint density at radius 3 is 2.33 bits per heavy atom. The number of hydrogen-bond acceptors (Lipinski definition) is 2. The van der Waals surface area contributed by atoms with Crippen LogP contribution in [0.3, 0.4) is 0 Å². The summed E-state index contributed by atoms with van der Waals surface area (Å²) in [5, 5.41) is 3.61. The largest absolute Gasteiger partial charge is 0.316 e. The van der Waals surface area contributed by atoms with Crippen LogP contribution in [0, 0.1) is 23.2 Å². The van der Waals surface area contributed by atoms with Crippen LogP contribution in [0.15, 0.2) is 0 Å². The fraction of sp³-hybridized carbons (Fsp3) is 1.00. The molecule has 1 saturated carbocycles. The van der Waals surface area contributed by atoms with Gasteiger partial charge in [0.2, 0.25) is 0 Å². The number of hydrogen-bond donors (Lipinski definition) is 1. The molecule has 0 aromatic carbocycles. The monoisotopic (exact) mass is 292 g/mol. The van der Waals surface area contributed by atoms with E-state index in [0.29, 0.717) is 11.0 Å². The lowest BCUT2D eigenvalue weighted by molar-refractivity contribution is 0.0380. The maximum atomic E-state index is 3.61. The highest BCUT2D eigenvalue weighted by molar-refractivity contribution is 5.06. The maximum absolute atomic E-state index is 3.61. The molecular formula is C19H36N2. The molecule has 0 aromatic rings. The van der Waals surface area contributed by atoms with Crippen LogP contribution in [0.5, 0.6) is 0 Å². The van der Waals surface area contributed by atoms with E-state index in [-0.39, 0.29) is 0 Å². The molecule has 3 fully saturated rings. The van der Waals surface area contributed by atoms with Gasteiger partial charge in [0, 0.05) is 24.7 Å². The van der Waals surface area contributed by atoms with E-state index < -0.39 is 0 Å². The predicted octanol–water partition coefficient (Wildman–Crippen LogP) is 3.91. The van der Waals surface area contributed by atoms with Crippen molar-refractivity contribution in [2.24, 2.45) is 23.2 Å². The van der Waals surface area contributed by atoms with Crippen molar-refractivity contribution in [2.45, 2.75) is 78.3 Å². The van der Waals surface area contributed by atoms with Crippen molar-refractivity contribution >= 4 is 0 Å². The molecule has 21 heavy (non-hydrogen) atoms. The molecule has 2 atom stereocenters. The molecule has 2 nitrogen and oxygen atoms in total. The lowest BCUT2D eigenvalue weighted by Crippen LogP contribution is -2.51.